The van der Waals surface area contributed by atoms with Gasteiger partial charge in [0.1, 0.15) is 17.5 Å². The smallest absolute Gasteiger partial charge is 0.378 e. The molecule has 4 rings (SSSR count). The van der Waals surface area contributed by atoms with Gasteiger partial charge in [-0.2, -0.15) is 13.2 Å². The number of aromatic nitrogens is 1. The van der Waals surface area contributed by atoms with Crippen LogP contribution in [0.1, 0.15) is 70.7 Å². The van der Waals surface area contributed by atoms with Crippen LogP contribution in [-0.4, -0.2) is 66.5 Å². The van der Waals surface area contributed by atoms with Crippen LogP contribution in [0, 0.1) is 12.7 Å². The molecular formula is C38H53F5N6O. The van der Waals surface area contributed by atoms with E-state index >= 15 is 4.39 Å². The van der Waals surface area contributed by atoms with E-state index in [1.807, 2.05) is 50.6 Å². The Morgan fingerprint density at radius 2 is 1.60 bits per heavy atom. The van der Waals surface area contributed by atoms with Crippen LogP contribution >= 0.6 is 0 Å². The van der Waals surface area contributed by atoms with Crippen molar-refractivity contribution in [2.75, 3.05) is 44.7 Å². The highest BCUT2D eigenvalue weighted by Gasteiger charge is 2.37. The van der Waals surface area contributed by atoms with Crippen LogP contribution < -0.4 is 15.8 Å². The lowest BCUT2D eigenvalue weighted by Crippen LogP contribution is -2.49. The Hall–Kier alpha value is -4.35. The minimum absolute atomic E-state index is 0.0920. The van der Waals surface area contributed by atoms with E-state index in [1.54, 1.807) is 39.1 Å². The van der Waals surface area contributed by atoms with E-state index in [9.17, 15) is 22.4 Å². The molecule has 0 aromatic carbocycles. The van der Waals surface area contributed by atoms with E-state index in [1.165, 1.54) is 17.7 Å². The van der Waals surface area contributed by atoms with Gasteiger partial charge in [-0.1, -0.05) is 65.0 Å². The van der Waals surface area contributed by atoms with Crippen molar-refractivity contribution < 1.29 is 22.0 Å². The number of nitrogens with one attached hydrogen (secondary N) is 1. The number of rotatable bonds is 6. The Labute approximate surface area is 294 Å². The zero-order chi connectivity index (χ0) is 37.8. The van der Waals surface area contributed by atoms with E-state index in [0.29, 0.717) is 43.9 Å². The van der Waals surface area contributed by atoms with Gasteiger partial charge in [-0.25, -0.2) is 8.78 Å². The number of anilines is 1. The minimum Gasteiger partial charge on any atom is -0.378 e. The molecule has 7 nitrogen and oxygen atoms in total. The zero-order valence-electron chi connectivity index (χ0n) is 30.9. The van der Waals surface area contributed by atoms with Gasteiger partial charge in [0.05, 0.1) is 17.8 Å². The molecule has 1 aromatic heterocycles. The highest BCUT2D eigenvalue weighted by Crippen LogP contribution is 2.35. The first kappa shape index (κ1) is 41.8. The molecule has 3 heterocycles. The van der Waals surface area contributed by atoms with Crippen LogP contribution in [0.2, 0.25) is 0 Å². The Kier molecular flexibility index (Phi) is 16.0. The zero-order valence-corrected chi connectivity index (χ0v) is 30.9. The van der Waals surface area contributed by atoms with E-state index in [2.05, 4.69) is 21.8 Å². The molecule has 3 aliphatic rings. The number of allylic oxidation sites excluding steroid dienone is 6. The van der Waals surface area contributed by atoms with Gasteiger partial charge in [-0.15, -0.1) is 0 Å². The van der Waals surface area contributed by atoms with Crippen molar-refractivity contribution in [3.63, 3.8) is 0 Å². The standard InChI is InChI=1S/C34H41F5N6O.2C2H6/c1-7-26-27(24(4)41-29-12-10-25(35)9-11-28(29)34(37,38)39)20-22(2)8-13-31(46)43(6)33(32(26)36)45-18-16-44(17-19-45)30-14-15-40-21-23(3)42(30)5;2*1-2/h8,10-14,20-21,24,41H,3,7,9,15-19H2,1-2,4-6H3;2*1-2H3/t24-;;/m1../s1. The first-order chi connectivity index (χ1) is 23.7. The molecule has 0 unspecified atom stereocenters. The van der Waals surface area contributed by atoms with Gasteiger partial charge in [0.2, 0.25) is 0 Å². The van der Waals surface area contributed by atoms with Crippen molar-refractivity contribution in [3.05, 3.63) is 111 Å². The quantitative estimate of drug-likeness (QED) is 0.302. The van der Waals surface area contributed by atoms with E-state index in [0.717, 1.165) is 29.7 Å². The molecule has 1 saturated heterocycles. The maximum Gasteiger partial charge on any atom is 0.418 e. The van der Waals surface area contributed by atoms with Crippen molar-refractivity contribution in [2.24, 2.45) is 12.0 Å². The monoisotopic (exact) mass is 704 g/mol. The third-order valence-electron chi connectivity index (χ3n) is 8.35. The molecule has 276 valence electrons. The molecule has 0 bridgehead atoms. The fourth-order valence-corrected chi connectivity index (χ4v) is 5.80. The summed E-state index contributed by atoms with van der Waals surface area (Å²) in [5.41, 5.74) is 0.308. The molecule has 1 aromatic rings. The van der Waals surface area contributed by atoms with Gasteiger partial charge in [-0.05, 0) is 49.6 Å². The van der Waals surface area contributed by atoms with Crippen LogP contribution in [0.3, 0.4) is 0 Å². The Bertz CT molecular complexity index is 1630. The normalized spacial score (nSPS) is 16.9. The van der Waals surface area contributed by atoms with Gasteiger partial charge >= 0.3 is 6.18 Å². The number of aryl methyl sites for hydroxylation is 1. The number of nitrogens with zero attached hydrogens (tertiary/aromatic N) is 5. The van der Waals surface area contributed by atoms with Crippen molar-refractivity contribution in [1.82, 2.24) is 19.7 Å². The summed E-state index contributed by atoms with van der Waals surface area (Å²) in [6.45, 7) is 19.6. The third kappa shape index (κ3) is 10.3. The Morgan fingerprint density at radius 1 is 0.980 bits per heavy atom. The summed E-state index contributed by atoms with van der Waals surface area (Å²) in [5, 5.41) is 2.88. The molecule has 2 aliphatic heterocycles. The van der Waals surface area contributed by atoms with Gasteiger partial charge in [0.25, 0.3) is 5.56 Å². The van der Waals surface area contributed by atoms with Gasteiger partial charge in [0, 0.05) is 70.7 Å². The highest BCUT2D eigenvalue weighted by molar-refractivity contribution is 5.77. The second kappa shape index (κ2) is 19.2. The van der Waals surface area contributed by atoms with Crippen LogP contribution in [0.5, 0.6) is 0 Å². The molecule has 1 aliphatic carbocycles. The number of aliphatic imine (C=N–C) groups is 1. The summed E-state index contributed by atoms with van der Waals surface area (Å²) in [4.78, 5) is 23.5. The Morgan fingerprint density at radius 3 is 2.20 bits per heavy atom. The molecular weight excluding hydrogens is 651 g/mol. The molecule has 1 N–H and O–H groups in total. The van der Waals surface area contributed by atoms with Crippen LogP contribution in [0.25, 0.3) is 0 Å². The summed E-state index contributed by atoms with van der Waals surface area (Å²) in [7, 11) is 3.43. The number of alkyl halides is 3. The molecule has 0 amide bonds. The number of piperazine rings is 1. The second-order valence-corrected chi connectivity index (χ2v) is 11.5. The fourth-order valence-electron chi connectivity index (χ4n) is 5.80. The SMILES string of the molecule is C=C1C=NCC=C(N2CCN(c3c(F)c(CC)c([C@@H](C)NC4=CC=C(F)CC=C4C(F)(F)F)cc(C)ccc(=O)n3C)CC2)N1C.CC.CC. The number of hydrogen-bond donors (Lipinski definition) is 1. The molecule has 12 heteroatoms. The third-order valence-corrected chi connectivity index (χ3v) is 8.35. The van der Waals surface area contributed by atoms with Crippen LogP contribution in [-0.2, 0) is 13.5 Å². The van der Waals surface area contributed by atoms with Gasteiger partial charge < -0.3 is 20.0 Å². The minimum atomic E-state index is -4.73. The molecule has 0 spiro atoms. The summed E-state index contributed by atoms with van der Waals surface area (Å²) < 4.78 is 74.1. The maximum atomic E-state index is 17.0. The van der Waals surface area contributed by atoms with Gasteiger partial charge in [0.15, 0.2) is 5.82 Å². The average Bonchev–Trinajstić information content (AvgIpc) is 3.39. The summed E-state index contributed by atoms with van der Waals surface area (Å²) in [5.74, 6) is -0.295. The highest BCUT2D eigenvalue weighted by atomic mass is 19.4. The summed E-state index contributed by atoms with van der Waals surface area (Å²) in [6.07, 6.45) is 1.58. The topological polar surface area (TPSA) is 56.1 Å². The molecule has 1 fully saturated rings. The predicted molar refractivity (Wildman–Crippen MR) is 196 cm³/mol. The molecule has 1 atom stereocenters. The summed E-state index contributed by atoms with van der Waals surface area (Å²) in [6, 6.07) is 3.81. The largest absolute Gasteiger partial charge is 0.418 e. The number of halogens is 5. The van der Waals surface area contributed by atoms with Crippen molar-refractivity contribution in [3.8, 4) is 0 Å². The molecule has 0 radical (unpaired) electrons. The van der Waals surface area contributed by atoms with Crippen LogP contribution in [0.15, 0.2) is 87.5 Å². The van der Waals surface area contributed by atoms with Crippen molar-refractivity contribution in [1.29, 1.82) is 0 Å². The summed E-state index contributed by atoms with van der Waals surface area (Å²) >= 11 is 0. The Balaban J connectivity index is 0.00000209. The van der Waals surface area contributed by atoms with E-state index in [-0.39, 0.29) is 23.5 Å². The second-order valence-electron chi connectivity index (χ2n) is 11.5. The average molecular weight is 705 g/mol. The van der Waals surface area contributed by atoms with Gasteiger partial charge in [-0.3, -0.25) is 14.4 Å². The van der Waals surface area contributed by atoms with E-state index in [4.69, 9.17) is 0 Å². The van der Waals surface area contributed by atoms with Crippen molar-refractivity contribution >= 4 is 12.0 Å². The fraction of sp³-hybridized carbons (Fsp3) is 0.474. The van der Waals surface area contributed by atoms with Crippen molar-refractivity contribution in [2.45, 2.75) is 73.5 Å². The lowest BCUT2D eigenvalue weighted by molar-refractivity contribution is -0.0901. The first-order valence-corrected chi connectivity index (χ1v) is 17.2. The maximum absolute atomic E-state index is 17.0. The van der Waals surface area contributed by atoms with E-state index < -0.39 is 41.4 Å². The predicted octanol–water partition coefficient (Wildman–Crippen LogP) is 8.35. The lowest BCUT2D eigenvalue weighted by Gasteiger charge is -2.41. The van der Waals surface area contributed by atoms with Crippen LogP contribution in [0.4, 0.5) is 27.8 Å². The number of hydrogen-bond acceptors (Lipinski definition) is 6. The first-order valence-electron chi connectivity index (χ1n) is 17.2. The molecule has 50 heavy (non-hydrogen) atoms. The molecule has 0 saturated carbocycles. The lowest BCUT2D eigenvalue weighted by atomic mass is 9.98.